The van der Waals surface area contributed by atoms with Crippen LogP contribution in [0.15, 0.2) is 29.6 Å². The van der Waals surface area contributed by atoms with Gasteiger partial charge >= 0.3 is 6.09 Å². The van der Waals surface area contributed by atoms with Gasteiger partial charge in [-0.25, -0.2) is 9.78 Å². The molecule has 7 nitrogen and oxygen atoms in total. The second-order valence-electron chi connectivity index (χ2n) is 7.94. The molecule has 1 saturated heterocycles. The van der Waals surface area contributed by atoms with E-state index in [-0.39, 0.29) is 5.91 Å². The average molecular weight is 418 g/mol. The van der Waals surface area contributed by atoms with Gasteiger partial charge in [-0.3, -0.25) is 9.69 Å². The van der Waals surface area contributed by atoms with Crippen LogP contribution in [-0.2, 0) is 9.53 Å². The lowest BCUT2D eigenvalue weighted by atomic mass is 10.0. The van der Waals surface area contributed by atoms with Crippen LogP contribution in [0.5, 0.6) is 5.75 Å². The van der Waals surface area contributed by atoms with E-state index in [0.717, 1.165) is 29.8 Å². The van der Waals surface area contributed by atoms with Gasteiger partial charge in [0.05, 0.1) is 12.8 Å². The summed E-state index contributed by atoms with van der Waals surface area (Å²) < 4.78 is 10.6. The molecule has 1 aliphatic heterocycles. The molecule has 1 aliphatic rings. The third kappa shape index (κ3) is 5.47. The normalized spacial score (nSPS) is 17.0. The van der Waals surface area contributed by atoms with Crippen molar-refractivity contribution >= 4 is 28.5 Å². The number of piperidine rings is 1. The molecule has 0 unspecified atom stereocenters. The Hall–Kier alpha value is -2.61. The molecule has 0 saturated carbocycles. The minimum absolute atomic E-state index is 0.230. The standard InChI is InChI=1S/C21H27N3O4S/c1-21(2,3)28-20(26)24-12-6-5-7-17(24)18(25)23-19-22-16(13-29-19)14-8-10-15(27-4)11-9-14/h8-11,13,17H,5-7,12H2,1-4H3,(H,22,23,25)/t17-/m1/s1. The molecule has 2 heterocycles. The molecule has 1 aromatic heterocycles. The Balaban J connectivity index is 1.68. The maximum absolute atomic E-state index is 12.9. The number of likely N-dealkylation sites (tertiary alicyclic amines) is 1. The van der Waals surface area contributed by atoms with Crippen molar-refractivity contribution in [2.24, 2.45) is 0 Å². The molecule has 8 heteroatoms. The fourth-order valence-corrected chi connectivity index (χ4v) is 3.88. The summed E-state index contributed by atoms with van der Waals surface area (Å²) in [5.74, 6) is 0.545. The van der Waals surface area contributed by atoms with Gasteiger partial charge in [-0.1, -0.05) is 0 Å². The summed E-state index contributed by atoms with van der Waals surface area (Å²) in [5, 5.41) is 5.27. The Labute approximate surface area is 175 Å². The first kappa shape index (κ1) is 21.1. The van der Waals surface area contributed by atoms with E-state index < -0.39 is 17.7 Å². The number of amides is 2. The number of methoxy groups -OCH3 is 1. The number of nitrogens with one attached hydrogen (secondary N) is 1. The van der Waals surface area contributed by atoms with Gasteiger partial charge in [-0.2, -0.15) is 0 Å². The van der Waals surface area contributed by atoms with Crippen LogP contribution in [0.3, 0.4) is 0 Å². The molecule has 1 atom stereocenters. The fraction of sp³-hybridized carbons (Fsp3) is 0.476. The first-order valence-electron chi connectivity index (χ1n) is 9.67. The minimum Gasteiger partial charge on any atom is -0.497 e. The highest BCUT2D eigenvalue weighted by molar-refractivity contribution is 7.14. The second kappa shape index (κ2) is 8.82. The fourth-order valence-electron chi connectivity index (χ4n) is 3.16. The Bertz CT molecular complexity index is 858. The van der Waals surface area contributed by atoms with Crippen LogP contribution in [0.1, 0.15) is 40.0 Å². The van der Waals surface area contributed by atoms with Crippen LogP contribution in [0.4, 0.5) is 9.93 Å². The molecule has 2 amide bonds. The molecule has 0 spiro atoms. The highest BCUT2D eigenvalue weighted by Crippen LogP contribution is 2.27. The molecule has 0 bridgehead atoms. The zero-order valence-electron chi connectivity index (χ0n) is 17.2. The van der Waals surface area contributed by atoms with E-state index >= 15 is 0 Å². The number of thiazole rings is 1. The van der Waals surface area contributed by atoms with Gasteiger partial charge in [0.25, 0.3) is 0 Å². The van der Waals surface area contributed by atoms with Crippen molar-refractivity contribution in [1.82, 2.24) is 9.88 Å². The van der Waals surface area contributed by atoms with Crippen molar-refractivity contribution in [2.45, 2.75) is 51.7 Å². The first-order valence-corrected chi connectivity index (χ1v) is 10.6. The number of nitrogens with zero attached hydrogens (tertiary/aromatic N) is 2. The largest absolute Gasteiger partial charge is 0.497 e. The van der Waals surface area contributed by atoms with E-state index in [1.165, 1.54) is 16.2 Å². The van der Waals surface area contributed by atoms with Gasteiger partial charge in [-0.15, -0.1) is 11.3 Å². The summed E-state index contributed by atoms with van der Waals surface area (Å²) >= 11 is 1.36. The number of rotatable bonds is 4. The predicted octanol–water partition coefficient (Wildman–Crippen LogP) is 4.55. The van der Waals surface area contributed by atoms with Crippen LogP contribution in [0.25, 0.3) is 11.3 Å². The van der Waals surface area contributed by atoms with Crippen LogP contribution >= 0.6 is 11.3 Å². The van der Waals surface area contributed by atoms with Crippen LogP contribution < -0.4 is 10.1 Å². The summed E-state index contributed by atoms with van der Waals surface area (Å²) in [6, 6.07) is 7.03. The molecular weight excluding hydrogens is 390 g/mol. The Morgan fingerprint density at radius 1 is 1.21 bits per heavy atom. The lowest BCUT2D eigenvalue weighted by Gasteiger charge is -2.35. The molecule has 1 fully saturated rings. The third-order valence-electron chi connectivity index (χ3n) is 4.55. The predicted molar refractivity (Wildman–Crippen MR) is 113 cm³/mol. The average Bonchev–Trinajstić information content (AvgIpc) is 3.15. The highest BCUT2D eigenvalue weighted by Gasteiger charge is 2.35. The Morgan fingerprint density at radius 2 is 1.93 bits per heavy atom. The van der Waals surface area contributed by atoms with E-state index in [4.69, 9.17) is 9.47 Å². The summed E-state index contributed by atoms with van der Waals surface area (Å²) in [4.78, 5) is 31.4. The van der Waals surface area contributed by atoms with Gasteiger partial charge in [0.1, 0.15) is 17.4 Å². The molecule has 156 valence electrons. The van der Waals surface area contributed by atoms with Crippen molar-refractivity contribution in [3.8, 4) is 17.0 Å². The molecule has 3 rings (SSSR count). The summed E-state index contributed by atoms with van der Waals surface area (Å²) in [7, 11) is 1.62. The quantitative estimate of drug-likeness (QED) is 0.789. The number of benzene rings is 1. The molecule has 0 aliphatic carbocycles. The zero-order valence-corrected chi connectivity index (χ0v) is 18.0. The maximum atomic E-state index is 12.9. The van der Waals surface area contributed by atoms with Gasteiger partial charge < -0.3 is 14.8 Å². The van der Waals surface area contributed by atoms with E-state index in [1.54, 1.807) is 7.11 Å². The number of aromatic nitrogens is 1. The number of hydrogen-bond acceptors (Lipinski definition) is 6. The van der Waals surface area contributed by atoms with Crippen molar-refractivity contribution < 1.29 is 19.1 Å². The van der Waals surface area contributed by atoms with E-state index in [0.29, 0.717) is 18.1 Å². The number of carbonyl (C=O) groups is 2. The summed E-state index contributed by atoms with van der Waals surface area (Å²) in [6.07, 6.45) is 1.92. The van der Waals surface area contributed by atoms with Crippen LogP contribution in [0.2, 0.25) is 0 Å². The zero-order chi connectivity index (χ0) is 21.0. The smallest absolute Gasteiger partial charge is 0.410 e. The lowest BCUT2D eigenvalue weighted by molar-refractivity contribution is -0.122. The highest BCUT2D eigenvalue weighted by atomic mass is 32.1. The Kier molecular flexibility index (Phi) is 6.42. The Morgan fingerprint density at radius 3 is 2.59 bits per heavy atom. The third-order valence-corrected chi connectivity index (χ3v) is 5.31. The summed E-state index contributed by atoms with van der Waals surface area (Å²) in [5.41, 5.74) is 1.12. The van der Waals surface area contributed by atoms with Crippen LogP contribution in [-0.4, -0.2) is 47.2 Å². The van der Waals surface area contributed by atoms with Crippen molar-refractivity contribution in [2.75, 3.05) is 19.0 Å². The molecular formula is C21H27N3O4S. The topological polar surface area (TPSA) is 80.8 Å². The maximum Gasteiger partial charge on any atom is 0.410 e. The molecule has 29 heavy (non-hydrogen) atoms. The van der Waals surface area contributed by atoms with E-state index in [2.05, 4.69) is 10.3 Å². The van der Waals surface area contributed by atoms with Crippen molar-refractivity contribution in [1.29, 1.82) is 0 Å². The minimum atomic E-state index is -0.599. The lowest BCUT2D eigenvalue weighted by Crippen LogP contribution is -2.51. The van der Waals surface area contributed by atoms with Crippen molar-refractivity contribution in [3.05, 3.63) is 29.6 Å². The van der Waals surface area contributed by atoms with Crippen LogP contribution in [0, 0.1) is 0 Å². The number of hydrogen-bond donors (Lipinski definition) is 1. The number of anilines is 1. The molecule has 1 aromatic carbocycles. The summed E-state index contributed by atoms with van der Waals surface area (Å²) in [6.45, 7) is 5.97. The molecule has 0 radical (unpaired) electrons. The first-order chi connectivity index (χ1) is 13.8. The SMILES string of the molecule is COc1ccc(-c2csc(NC(=O)[C@H]3CCCCN3C(=O)OC(C)(C)C)n2)cc1. The number of ether oxygens (including phenoxy) is 2. The van der Waals surface area contributed by atoms with Gasteiger partial charge in [0.2, 0.25) is 5.91 Å². The van der Waals surface area contributed by atoms with Gasteiger partial charge in [0, 0.05) is 17.5 Å². The monoisotopic (exact) mass is 417 g/mol. The second-order valence-corrected chi connectivity index (χ2v) is 8.80. The van der Waals surface area contributed by atoms with E-state index in [1.807, 2.05) is 50.4 Å². The molecule has 1 N–H and O–H groups in total. The molecule has 2 aromatic rings. The van der Waals surface area contributed by atoms with E-state index in [9.17, 15) is 9.59 Å². The van der Waals surface area contributed by atoms with Gasteiger partial charge in [0.15, 0.2) is 5.13 Å². The number of carbonyl (C=O) groups excluding carboxylic acids is 2. The van der Waals surface area contributed by atoms with Crippen molar-refractivity contribution in [3.63, 3.8) is 0 Å². The van der Waals surface area contributed by atoms with Gasteiger partial charge in [-0.05, 0) is 64.3 Å².